The summed E-state index contributed by atoms with van der Waals surface area (Å²) in [5.41, 5.74) is 1.15. The van der Waals surface area contributed by atoms with Crippen LogP contribution in [0.1, 0.15) is 67.2 Å². The van der Waals surface area contributed by atoms with Crippen molar-refractivity contribution in [3.63, 3.8) is 0 Å². The summed E-state index contributed by atoms with van der Waals surface area (Å²) in [5, 5.41) is 21.6. The number of carbonyl (C=O) groups is 1. The van der Waals surface area contributed by atoms with E-state index < -0.39 is 23.4 Å². The van der Waals surface area contributed by atoms with Crippen LogP contribution in [0.15, 0.2) is 54.7 Å². The summed E-state index contributed by atoms with van der Waals surface area (Å²) in [6, 6.07) is 19.8. The molecule has 0 amide bonds. The monoisotopic (exact) mass is 490 g/mol. The number of ether oxygens (including phenoxy) is 1. The maximum atomic E-state index is 15.0. The van der Waals surface area contributed by atoms with Gasteiger partial charge in [0.25, 0.3) is 0 Å². The lowest BCUT2D eigenvalue weighted by Gasteiger charge is -2.56. The molecule has 5 nitrogen and oxygen atoms in total. The predicted octanol–water partition coefficient (Wildman–Crippen LogP) is 4.59. The Kier molecular flexibility index (Phi) is 4.95. The smallest absolute Gasteiger partial charge is 0.212 e. The van der Waals surface area contributed by atoms with Crippen LogP contribution in [-0.2, 0) is 4.79 Å². The minimum atomic E-state index is -1.38. The first-order valence-corrected chi connectivity index (χ1v) is 13.7. The van der Waals surface area contributed by atoms with Crippen molar-refractivity contribution in [1.82, 2.24) is 0 Å². The molecule has 1 N–H and O–H groups in total. The second kappa shape index (κ2) is 8.04. The first-order valence-electron chi connectivity index (χ1n) is 13.7. The van der Waals surface area contributed by atoms with Crippen LogP contribution in [0.3, 0.4) is 0 Å². The molecule has 1 saturated heterocycles. The first kappa shape index (κ1) is 22.8. The van der Waals surface area contributed by atoms with Gasteiger partial charge in [0.2, 0.25) is 5.41 Å². The van der Waals surface area contributed by atoms with E-state index in [-0.39, 0.29) is 11.2 Å². The van der Waals surface area contributed by atoms with Crippen LogP contribution < -0.4 is 9.64 Å². The number of nitriles is 2. The Hall–Kier alpha value is -3.41. The van der Waals surface area contributed by atoms with Gasteiger partial charge < -0.3 is 4.74 Å². The van der Waals surface area contributed by atoms with Gasteiger partial charge in [0.15, 0.2) is 17.9 Å². The second-order valence-corrected chi connectivity index (χ2v) is 12.3. The highest BCUT2D eigenvalue weighted by molar-refractivity contribution is 5.91. The van der Waals surface area contributed by atoms with Crippen molar-refractivity contribution in [3.05, 3.63) is 71.4 Å². The zero-order chi connectivity index (χ0) is 25.4. The SMILES string of the molecule is COc1cccc([C@H]2[C@H](C(=O)C34CC5CC(CC(C5)C3)C4)[NH+]3C=Cc4ccccc4[C@H]3C2(C#N)C#N)c1. The van der Waals surface area contributed by atoms with Gasteiger partial charge in [-0.1, -0.05) is 36.4 Å². The standard InChI is InChI=1S/C32H31N3O2/c1-37-25-7-4-6-24(14-25)27-28(30(36)31-15-20-11-21(16-31)13-22(12-20)17-31)35-10-9-23-5-2-3-8-26(23)29(35)32(27,18-33)19-34/h2-10,14,20-22,27-29H,11-13,15-17H2,1H3/p+1/t20?,21?,22?,27-,28+,29-,31?/m0/s1. The molecule has 8 rings (SSSR count). The molecule has 37 heavy (non-hydrogen) atoms. The number of fused-ring (bicyclic) bond motifs is 3. The van der Waals surface area contributed by atoms with E-state index >= 15 is 4.79 Å². The lowest BCUT2D eigenvalue weighted by Crippen LogP contribution is -3.12. The van der Waals surface area contributed by atoms with Crippen molar-refractivity contribution >= 4 is 11.9 Å². The van der Waals surface area contributed by atoms with Gasteiger partial charge in [-0.05, 0) is 85.6 Å². The molecule has 6 aliphatic rings. The first-order chi connectivity index (χ1) is 18.0. The van der Waals surface area contributed by atoms with E-state index in [0.717, 1.165) is 40.9 Å². The molecule has 0 aromatic heterocycles. The van der Waals surface area contributed by atoms with Crippen LogP contribution in [0.4, 0.5) is 0 Å². The molecular weight excluding hydrogens is 458 g/mol. The second-order valence-electron chi connectivity index (χ2n) is 12.3. The lowest BCUT2D eigenvalue weighted by molar-refractivity contribution is -0.886. The van der Waals surface area contributed by atoms with Gasteiger partial charge in [0, 0.05) is 11.0 Å². The fraction of sp³-hybridized carbons (Fsp3) is 0.469. The molecule has 2 heterocycles. The normalized spacial score (nSPS) is 37.8. The molecule has 4 aliphatic carbocycles. The molecule has 0 spiro atoms. The van der Waals surface area contributed by atoms with Gasteiger partial charge >= 0.3 is 0 Å². The fourth-order valence-electron chi connectivity index (χ4n) is 9.44. The number of hydrogen-bond acceptors (Lipinski definition) is 4. The van der Waals surface area contributed by atoms with E-state index in [1.165, 1.54) is 19.3 Å². The summed E-state index contributed by atoms with van der Waals surface area (Å²) in [7, 11) is 1.63. The van der Waals surface area contributed by atoms with Crippen LogP contribution in [0.2, 0.25) is 0 Å². The number of nitrogens with one attached hydrogen (secondary N) is 1. The van der Waals surface area contributed by atoms with Gasteiger partial charge in [-0.2, -0.15) is 10.5 Å². The van der Waals surface area contributed by atoms with Crippen LogP contribution in [0.25, 0.3) is 6.08 Å². The Balaban J connectivity index is 1.43. The highest BCUT2D eigenvalue weighted by Gasteiger charge is 2.70. The van der Waals surface area contributed by atoms with Gasteiger partial charge in [-0.3, -0.25) is 9.69 Å². The molecule has 2 aromatic rings. The third-order valence-electron chi connectivity index (χ3n) is 10.4. The molecule has 2 aliphatic heterocycles. The minimum absolute atomic E-state index is 0.288. The number of hydrogen-bond donors (Lipinski definition) is 1. The van der Waals surface area contributed by atoms with E-state index in [2.05, 4.69) is 24.4 Å². The van der Waals surface area contributed by atoms with Crippen LogP contribution in [0.5, 0.6) is 5.75 Å². The van der Waals surface area contributed by atoms with Gasteiger partial charge in [-0.15, -0.1) is 0 Å². The fourth-order valence-corrected chi connectivity index (χ4v) is 9.44. The zero-order valence-electron chi connectivity index (χ0n) is 21.2. The summed E-state index contributed by atoms with van der Waals surface area (Å²) in [6.07, 6.45) is 10.9. The topological polar surface area (TPSA) is 78.3 Å². The summed E-state index contributed by atoms with van der Waals surface area (Å²) >= 11 is 0. The molecule has 186 valence electrons. The number of carbonyl (C=O) groups excluding carboxylic acids is 1. The number of ketones is 1. The third kappa shape index (κ3) is 3.07. The molecule has 4 atom stereocenters. The van der Waals surface area contributed by atoms with Crippen molar-refractivity contribution in [3.8, 4) is 17.9 Å². The van der Waals surface area contributed by atoms with E-state index in [1.807, 2.05) is 48.5 Å². The third-order valence-corrected chi connectivity index (χ3v) is 10.4. The van der Waals surface area contributed by atoms with Gasteiger partial charge in [-0.25, -0.2) is 0 Å². The number of Topliss-reactive ketones (excluding diaryl/α,β-unsaturated/α-hetero) is 1. The van der Waals surface area contributed by atoms with E-state index in [0.29, 0.717) is 23.5 Å². The molecule has 4 bridgehead atoms. The average molecular weight is 491 g/mol. The Labute approximate surface area is 218 Å². The maximum absolute atomic E-state index is 15.0. The quantitative estimate of drug-likeness (QED) is 0.680. The predicted molar refractivity (Wildman–Crippen MR) is 138 cm³/mol. The van der Waals surface area contributed by atoms with E-state index in [4.69, 9.17) is 4.74 Å². The maximum Gasteiger partial charge on any atom is 0.212 e. The molecule has 2 aromatic carbocycles. The minimum Gasteiger partial charge on any atom is -0.497 e. The Morgan fingerprint density at radius 3 is 2.30 bits per heavy atom. The number of nitrogens with zero attached hydrogens (tertiary/aromatic N) is 2. The van der Waals surface area contributed by atoms with Crippen molar-refractivity contribution in [2.45, 2.75) is 56.5 Å². The molecule has 5 fully saturated rings. The van der Waals surface area contributed by atoms with Crippen molar-refractivity contribution in [2.75, 3.05) is 7.11 Å². The summed E-state index contributed by atoms with van der Waals surface area (Å²) < 4.78 is 5.55. The molecule has 1 unspecified atom stereocenters. The number of benzene rings is 2. The molecule has 4 saturated carbocycles. The number of quaternary nitrogens is 1. The van der Waals surface area contributed by atoms with Gasteiger partial charge in [0.05, 0.1) is 31.4 Å². The summed E-state index contributed by atoms with van der Waals surface area (Å²) in [5.74, 6) is 2.36. The van der Waals surface area contributed by atoms with Crippen LogP contribution >= 0.6 is 0 Å². The van der Waals surface area contributed by atoms with Crippen molar-refractivity contribution in [2.24, 2.45) is 28.6 Å². The molecule has 5 heteroatoms. The summed E-state index contributed by atoms with van der Waals surface area (Å²) in [6.45, 7) is 0. The average Bonchev–Trinajstić information content (AvgIpc) is 3.23. The Bertz CT molecular complexity index is 1350. The largest absolute Gasteiger partial charge is 0.497 e. The van der Waals surface area contributed by atoms with Crippen LogP contribution in [0, 0.1) is 51.2 Å². The molecular formula is C32H32N3O2+. The van der Waals surface area contributed by atoms with Crippen molar-refractivity contribution in [1.29, 1.82) is 10.5 Å². The van der Waals surface area contributed by atoms with Crippen molar-refractivity contribution < 1.29 is 14.4 Å². The van der Waals surface area contributed by atoms with Crippen LogP contribution in [-0.4, -0.2) is 18.9 Å². The molecule has 0 radical (unpaired) electrons. The van der Waals surface area contributed by atoms with E-state index in [9.17, 15) is 10.5 Å². The highest BCUT2D eigenvalue weighted by Crippen LogP contribution is 2.62. The number of methoxy groups -OCH3 is 1. The zero-order valence-corrected chi connectivity index (χ0v) is 21.2. The lowest BCUT2D eigenvalue weighted by atomic mass is 9.47. The van der Waals surface area contributed by atoms with E-state index in [1.54, 1.807) is 7.11 Å². The Morgan fingerprint density at radius 1 is 0.973 bits per heavy atom. The highest BCUT2D eigenvalue weighted by atomic mass is 16.5. The number of rotatable bonds is 4. The summed E-state index contributed by atoms with van der Waals surface area (Å²) in [4.78, 5) is 16.0. The Morgan fingerprint density at radius 2 is 1.65 bits per heavy atom. The van der Waals surface area contributed by atoms with Gasteiger partial charge in [0.1, 0.15) is 5.75 Å².